The van der Waals surface area contributed by atoms with Crippen LogP contribution in [0.5, 0.6) is 0 Å². The molecule has 1 fully saturated rings. The fraction of sp³-hybridized carbons (Fsp3) is 0.364. The van der Waals surface area contributed by atoms with Gasteiger partial charge in [-0.3, -0.25) is 4.79 Å². The predicted molar refractivity (Wildman–Crippen MR) is 75.4 cm³/mol. The summed E-state index contributed by atoms with van der Waals surface area (Å²) < 4.78 is 22.6. The number of carbonyl (C=O) groups excluding carboxylic acids is 1. The molecule has 0 saturated carbocycles. The van der Waals surface area contributed by atoms with Crippen molar-refractivity contribution in [3.8, 4) is 0 Å². The molecule has 1 saturated heterocycles. The van der Waals surface area contributed by atoms with E-state index in [0.717, 1.165) is 0 Å². The van der Waals surface area contributed by atoms with E-state index in [1.54, 1.807) is 0 Å². The lowest BCUT2D eigenvalue weighted by atomic mass is 10.1. The van der Waals surface area contributed by atoms with Gasteiger partial charge in [0.2, 0.25) is 0 Å². The zero-order valence-corrected chi connectivity index (χ0v) is 12.2. The van der Waals surface area contributed by atoms with Crippen molar-refractivity contribution in [1.82, 2.24) is 4.90 Å². The average Bonchev–Trinajstić information content (AvgIpc) is 2.34. The van der Waals surface area contributed by atoms with Gasteiger partial charge in [0.1, 0.15) is 0 Å². The zero-order chi connectivity index (χ0) is 14.2. The van der Waals surface area contributed by atoms with Gasteiger partial charge in [0.05, 0.1) is 27.2 Å². The Kier molecular flexibility index (Phi) is 3.94. The molecule has 1 heterocycles. The highest BCUT2D eigenvalue weighted by Crippen LogP contribution is 2.29. The van der Waals surface area contributed by atoms with E-state index in [-0.39, 0.29) is 46.2 Å². The quantitative estimate of drug-likeness (QED) is 0.793. The van der Waals surface area contributed by atoms with Gasteiger partial charge in [-0.25, -0.2) is 8.42 Å². The maximum absolute atomic E-state index is 12.2. The van der Waals surface area contributed by atoms with Crippen LogP contribution in [0, 0.1) is 0 Å². The minimum atomic E-state index is -3.02. The normalized spacial score (nSPS) is 18.3. The Balaban J connectivity index is 2.21. The molecule has 0 bridgehead atoms. The molecular formula is C11H12Cl2N2O3S. The molecule has 0 unspecified atom stereocenters. The second-order valence-corrected chi connectivity index (χ2v) is 7.42. The van der Waals surface area contributed by atoms with E-state index >= 15 is 0 Å². The maximum atomic E-state index is 12.2. The van der Waals surface area contributed by atoms with Crippen LogP contribution in [-0.4, -0.2) is 43.8 Å². The minimum absolute atomic E-state index is 0.0187. The minimum Gasteiger partial charge on any atom is -0.396 e. The van der Waals surface area contributed by atoms with Crippen molar-refractivity contribution in [3.63, 3.8) is 0 Å². The molecule has 0 radical (unpaired) electrons. The molecule has 5 nitrogen and oxygen atoms in total. The first-order valence-electron chi connectivity index (χ1n) is 5.54. The van der Waals surface area contributed by atoms with Gasteiger partial charge in [0.15, 0.2) is 9.84 Å². The summed E-state index contributed by atoms with van der Waals surface area (Å²) in [6.07, 6.45) is 0. The fourth-order valence-electron chi connectivity index (χ4n) is 1.81. The molecule has 0 atom stereocenters. The van der Waals surface area contributed by atoms with E-state index in [1.165, 1.54) is 17.0 Å². The summed E-state index contributed by atoms with van der Waals surface area (Å²) in [7, 11) is -3.02. The number of carbonyl (C=O) groups is 1. The van der Waals surface area contributed by atoms with Crippen molar-refractivity contribution in [2.24, 2.45) is 0 Å². The number of sulfone groups is 1. The van der Waals surface area contributed by atoms with E-state index < -0.39 is 9.84 Å². The Morgan fingerprint density at radius 3 is 2.11 bits per heavy atom. The van der Waals surface area contributed by atoms with Crippen LogP contribution < -0.4 is 5.73 Å². The van der Waals surface area contributed by atoms with Gasteiger partial charge in [-0.1, -0.05) is 23.2 Å². The average molecular weight is 323 g/mol. The highest BCUT2D eigenvalue weighted by Gasteiger charge is 2.26. The summed E-state index contributed by atoms with van der Waals surface area (Å²) in [6, 6.07) is 2.88. The van der Waals surface area contributed by atoms with E-state index in [0.29, 0.717) is 5.56 Å². The van der Waals surface area contributed by atoms with Crippen molar-refractivity contribution in [2.75, 3.05) is 30.3 Å². The smallest absolute Gasteiger partial charge is 0.254 e. The molecular weight excluding hydrogens is 311 g/mol. The first-order valence-corrected chi connectivity index (χ1v) is 8.12. The number of halogens is 2. The molecule has 0 aromatic heterocycles. The highest BCUT2D eigenvalue weighted by molar-refractivity contribution is 7.91. The molecule has 1 aromatic carbocycles. The third kappa shape index (κ3) is 3.13. The fourth-order valence-corrected chi connectivity index (χ4v) is 3.49. The third-order valence-electron chi connectivity index (χ3n) is 2.96. The summed E-state index contributed by atoms with van der Waals surface area (Å²) in [5.74, 6) is -0.330. The topological polar surface area (TPSA) is 80.5 Å². The molecule has 104 valence electrons. The number of nitrogens with zero attached hydrogens (tertiary/aromatic N) is 1. The third-order valence-corrected chi connectivity index (χ3v) is 5.19. The van der Waals surface area contributed by atoms with Crippen molar-refractivity contribution in [3.05, 3.63) is 27.7 Å². The van der Waals surface area contributed by atoms with Crippen LogP contribution in [0.1, 0.15) is 10.4 Å². The molecule has 0 aliphatic carbocycles. The van der Waals surface area contributed by atoms with Crippen LogP contribution >= 0.6 is 23.2 Å². The van der Waals surface area contributed by atoms with Gasteiger partial charge < -0.3 is 10.6 Å². The molecule has 1 aliphatic rings. The molecule has 8 heteroatoms. The molecule has 1 aromatic rings. The van der Waals surface area contributed by atoms with Crippen LogP contribution in [0.4, 0.5) is 5.69 Å². The lowest BCUT2D eigenvalue weighted by molar-refractivity contribution is 0.0770. The summed E-state index contributed by atoms with van der Waals surface area (Å²) in [5, 5.41) is 0.418. The predicted octanol–water partition coefficient (Wildman–Crippen LogP) is 1.45. The second-order valence-electron chi connectivity index (χ2n) is 4.30. The Labute approximate surface area is 121 Å². The summed E-state index contributed by atoms with van der Waals surface area (Å²) in [4.78, 5) is 13.7. The van der Waals surface area contributed by atoms with Crippen LogP contribution in [-0.2, 0) is 9.84 Å². The number of anilines is 1. The van der Waals surface area contributed by atoms with E-state index in [1.807, 2.05) is 0 Å². The number of hydrogen-bond acceptors (Lipinski definition) is 4. The van der Waals surface area contributed by atoms with Crippen LogP contribution in [0.25, 0.3) is 0 Å². The van der Waals surface area contributed by atoms with Gasteiger partial charge in [-0.2, -0.15) is 0 Å². The van der Waals surface area contributed by atoms with Gasteiger partial charge in [-0.15, -0.1) is 0 Å². The zero-order valence-electron chi connectivity index (χ0n) is 9.90. The number of nitrogens with two attached hydrogens (primary N) is 1. The second kappa shape index (κ2) is 5.19. The van der Waals surface area contributed by atoms with Crippen molar-refractivity contribution in [1.29, 1.82) is 0 Å². The Bertz CT molecular complexity index is 594. The maximum Gasteiger partial charge on any atom is 0.254 e. The Morgan fingerprint density at radius 1 is 1.16 bits per heavy atom. The first-order chi connectivity index (χ1) is 8.80. The van der Waals surface area contributed by atoms with Crippen LogP contribution in [0.2, 0.25) is 10.0 Å². The lowest BCUT2D eigenvalue weighted by Gasteiger charge is -2.27. The van der Waals surface area contributed by atoms with Gasteiger partial charge >= 0.3 is 0 Å². The van der Waals surface area contributed by atoms with Gasteiger partial charge in [0, 0.05) is 18.7 Å². The number of benzene rings is 1. The molecule has 0 spiro atoms. The van der Waals surface area contributed by atoms with Gasteiger partial charge in [-0.05, 0) is 12.1 Å². The van der Waals surface area contributed by atoms with Crippen LogP contribution in [0.3, 0.4) is 0 Å². The summed E-state index contributed by atoms with van der Waals surface area (Å²) >= 11 is 11.7. The lowest BCUT2D eigenvalue weighted by Crippen LogP contribution is -2.43. The molecule has 2 N–H and O–H groups in total. The molecule has 1 amide bonds. The van der Waals surface area contributed by atoms with E-state index in [4.69, 9.17) is 28.9 Å². The molecule has 1 aliphatic heterocycles. The van der Waals surface area contributed by atoms with E-state index in [9.17, 15) is 13.2 Å². The van der Waals surface area contributed by atoms with Crippen LogP contribution in [0.15, 0.2) is 12.1 Å². The first kappa shape index (κ1) is 14.4. The summed E-state index contributed by atoms with van der Waals surface area (Å²) in [5.41, 5.74) is 6.13. The van der Waals surface area contributed by atoms with E-state index in [2.05, 4.69) is 0 Å². The number of nitrogen functional groups attached to an aromatic ring is 1. The number of amides is 1. The Hall–Kier alpha value is -0.980. The van der Waals surface area contributed by atoms with Crippen molar-refractivity contribution < 1.29 is 13.2 Å². The van der Waals surface area contributed by atoms with Gasteiger partial charge in [0.25, 0.3) is 5.91 Å². The Morgan fingerprint density at radius 2 is 1.63 bits per heavy atom. The van der Waals surface area contributed by atoms with Crippen molar-refractivity contribution in [2.45, 2.75) is 0 Å². The molecule has 2 rings (SSSR count). The summed E-state index contributed by atoms with van der Waals surface area (Å²) in [6.45, 7) is 0.363. The van der Waals surface area contributed by atoms with Crippen molar-refractivity contribution >= 4 is 44.6 Å². The number of rotatable bonds is 1. The SMILES string of the molecule is Nc1c(Cl)cc(C(=O)N2CCS(=O)(=O)CC2)cc1Cl. The monoisotopic (exact) mass is 322 g/mol. The molecule has 19 heavy (non-hydrogen) atoms. The number of hydrogen-bond donors (Lipinski definition) is 1. The largest absolute Gasteiger partial charge is 0.396 e. The standard InChI is InChI=1S/C11H12Cl2N2O3S/c12-8-5-7(6-9(13)10(8)14)11(16)15-1-3-19(17,18)4-2-15/h5-6H,1-4,14H2. The highest BCUT2D eigenvalue weighted by atomic mass is 35.5.